The summed E-state index contributed by atoms with van der Waals surface area (Å²) in [6.07, 6.45) is 3.81. The molecule has 5 rings (SSSR count). The van der Waals surface area contributed by atoms with Gasteiger partial charge in [-0.2, -0.15) is 9.61 Å². The van der Waals surface area contributed by atoms with Crippen LogP contribution in [-0.4, -0.2) is 104 Å². The van der Waals surface area contributed by atoms with Crippen molar-refractivity contribution in [1.82, 2.24) is 24.5 Å². The number of anilines is 1. The van der Waals surface area contributed by atoms with Gasteiger partial charge in [-0.3, -0.25) is 9.88 Å². The molecule has 1 aromatic carbocycles. The zero-order valence-electron chi connectivity index (χ0n) is 32.0. The molecule has 3 aromatic heterocycles. The van der Waals surface area contributed by atoms with Gasteiger partial charge in [0.15, 0.2) is 5.65 Å². The van der Waals surface area contributed by atoms with Gasteiger partial charge in [-0.1, -0.05) is 64.1 Å². The van der Waals surface area contributed by atoms with E-state index < -0.39 is 22.2 Å². The first-order chi connectivity index (χ1) is 24.8. The summed E-state index contributed by atoms with van der Waals surface area (Å²) in [5, 5.41) is 16.5. The van der Waals surface area contributed by atoms with Crippen LogP contribution in [-0.2, 0) is 25.5 Å². The Morgan fingerprint density at radius 2 is 1.67 bits per heavy atom. The summed E-state index contributed by atoms with van der Waals surface area (Å²) in [6, 6.07) is 11.8. The predicted octanol–water partition coefficient (Wildman–Crippen LogP) is 8.04. The Bertz CT molecular complexity index is 1810. The van der Waals surface area contributed by atoms with Crippen LogP contribution in [0, 0.1) is 0 Å². The quantitative estimate of drug-likeness (QED) is 0.0463. The third kappa shape index (κ3) is 10.2. The van der Waals surface area contributed by atoms with Crippen LogP contribution in [0.1, 0.15) is 31.0 Å². The largest absolute Gasteiger partial charge is 0.494 e. The Hall–Kier alpha value is -3.83. The third-order valence-corrected chi connectivity index (χ3v) is 12.6. The van der Waals surface area contributed by atoms with E-state index in [1.165, 1.54) is 4.90 Å². The maximum Gasteiger partial charge on any atom is 0.407 e. The van der Waals surface area contributed by atoms with Crippen molar-refractivity contribution in [1.29, 1.82) is 0 Å². The summed E-state index contributed by atoms with van der Waals surface area (Å²) < 4.78 is 26.3. The van der Waals surface area contributed by atoms with E-state index in [0.29, 0.717) is 74.4 Å². The van der Waals surface area contributed by atoms with Crippen molar-refractivity contribution >= 4 is 50.4 Å². The van der Waals surface area contributed by atoms with Crippen LogP contribution < -0.4 is 4.90 Å². The summed E-state index contributed by atoms with van der Waals surface area (Å²) in [5.41, 5.74) is 4.14. The molecular weight excluding hydrogens is 693 g/mol. The zero-order valence-corrected chi connectivity index (χ0v) is 34.0. The second-order valence-corrected chi connectivity index (χ2v) is 27.1. The van der Waals surface area contributed by atoms with Gasteiger partial charge in [0.25, 0.3) is 0 Å². The van der Waals surface area contributed by atoms with Crippen LogP contribution in [0.25, 0.3) is 33.4 Å². The van der Waals surface area contributed by atoms with E-state index in [2.05, 4.69) is 51.9 Å². The Morgan fingerprint density at radius 3 is 2.29 bits per heavy atom. The number of hydrogen-bond donors (Lipinski definition) is 1. The van der Waals surface area contributed by atoms with Gasteiger partial charge in [0, 0.05) is 71.3 Å². The molecule has 0 spiro atoms. The fourth-order valence-electron chi connectivity index (χ4n) is 6.16. The average Bonchev–Trinajstić information content (AvgIpc) is 3.52. The molecule has 0 atom stereocenters. The van der Waals surface area contributed by atoms with E-state index in [1.807, 2.05) is 42.3 Å². The molecule has 1 aliphatic rings. The topological polar surface area (TPSA) is 124 Å². The van der Waals surface area contributed by atoms with E-state index in [4.69, 9.17) is 34.0 Å². The first-order valence-electron chi connectivity index (χ1n) is 18.3. The van der Waals surface area contributed by atoms with Gasteiger partial charge in [0.1, 0.15) is 25.0 Å². The zero-order chi connectivity index (χ0) is 37.5. The lowest BCUT2D eigenvalue weighted by Crippen LogP contribution is -2.42. The number of hydrogen-bond acceptors (Lipinski definition) is 9. The van der Waals surface area contributed by atoms with Gasteiger partial charge in [-0.15, -0.1) is 0 Å². The van der Waals surface area contributed by atoms with Crippen molar-refractivity contribution in [3.05, 3.63) is 60.6 Å². The second kappa shape index (κ2) is 17.3. The first kappa shape index (κ1) is 39.4. The summed E-state index contributed by atoms with van der Waals surface area (Å²) in [7, 11) is -2.72. The van der Waals surface area contributed by atoms with Crippen molar-refractivity contribution in [2.75, 3.05) is 51.4 Å². The van der Waals surface area contributed by atoms with Crippen LogP contribution in [0.3, 0.4) is 0 Å². The number of fused-ring (bicyclic) bond motifs is 2. The number of amides is 1. The molecule has 4 aromatic rings. The molecule has 0 radical (unpaired) electrons. The number of nitrogens with zero attached hydrogens (tertiary/aromatic N) is 6. The number of para-hydroxylation sites is 1. The Kier molecular flexibility index (Phi) is 13.1. The van der Waals surface area contributed by atoms with E-state index >= 15 is 0 Å². The van der Waals surface area contributed by atoms with Gasteiger partial charge in [0.2, 0.25) is 0 Å². The van der Waals surface area contributed by atoms with Crippen molar-refractivity contribution in [3.63, 3.8) is 0 Å². The minimum atomic E-state index is -1.36. The molecular formula is C38H56N6O6Si2. The van der Waals surface area contributed by atoms with Crippen molar-refractivity contribution in [3.8, 4) is 11.1 Å². The fourth-order valence-corrected chi connectivity index (χ4v) is 7.67. The Morgan fingerprint density at radius 1 is 1.02 bits per heavy atom. The van der Waals surface area contributed by atoms with Gasteiger partial charge in [0.05, 0.1) is 36.1 Å². The number of carbonyl (C=O) groups is 1. The molecule has 0 unspecified atom stereocenters. The lowest BCUT2D eigenvalue weighted by Gasteiger charge is -2.33. The molecule has 0 bridgehead atoms. The minimum Gasteiger partial charge on any atom is -0.494 e. The third-order valence-electron chi connectivity index (χ3n) is 9.18. The van der Waals surface area contributed by atoms with Crippen molar-refractivity contribution in [2.24, 2.45) is 0 Å². The number of pyridine rings is 1. The van der Waals surface area contributed by atoms with Crippen molar-refractivity contribution in [2.45, 2.75) is 83.7 Å². The molecule has 4 heterocycles. The number of rotatable bonds is 18. The smallest absolute Gasteiger partial charge is 0.407 e. The fraction of sp³-hybridized carbons (Fsp3) is 0.526. The maximum atomic E-state index is 12.9. The van der Waals surface area contributed by atoms with Gasteiger partial charge in [-0.25, -0.2) is 9.78 Å². The monoisotopic (exact) mass is 748 g/mol. The molecule has 52 heavy (non-hydrogen) atoms. The molecule has 14 heteroatoms. The second-order valence-electron chi connectivity index (χ2n) is 15.8. The summed E-state index contributed by atoms with van der Waals surface area (Å²) in [6.45, 7) is 23.3. The van der Waals surface area contributed by atoms with Gasteiger partial charge in [-0.05, 0) is 44.0 Å². The van der Waals surface area contributed by atoms with Crippen LogP contribution >= 0.6 is 0 Å². The maximum absolute atomic E-state index is 12.9. The highest BCUT2D eigenvalue weighted by molar-refractivity contribution is 6.76. The first-order valence-corrected chi connectivity index (χ1v) is 25.7. The molecule has 1 fully saturated rings. The minimum absolute atomic E-state index is 0.0202. The van der Waals surface area contributed by atoms with Crippen molar-refractivity contribution < 1.29 is 28.8 Å². The molecule has 1 N–H and O–H groups in total. The number of aromatic nitrogens is 4. The SMILES string of the molecule is C=C(OCC)c1c(CN(C(=O)O)C2CCOCC2)nc2c(-c3cnc4ccccc4c3)cnn2c1N(COCC[Si](C)(C)C)COCC[Si](C)(C)C. The van der Waals surface area contributed by atoms with E-state index in [1.54, 1.807) is 10.7 Å². The normalized spacial score (nSPS) is 14.2. The number of benzene rings is 1. The lowest BCUT2D eigenvalue weighted by atomic mass is 10.1. The molecule has 12 nitrogen and oxygen atoms in total. The predicted molar refractivity (Wildman–Crippen MR) is 212 cm³/mol. The van der Waals surface area contributed by atoms with Crippen LogP contribution in [0.5, 0.6) is 0 Å². The summed E-state index contributed by atoms with van der Waals surface area (Å²) in [5.74, 6) is 0.995. The van der Waals surface area contributed by atoms with Gasteiger partial charge >= 0.3 is 6.09 Å². The molecule has 1 aliphatic heterocycles. The lowest BCUT2D eigenvalue weighted by molar-refractivity contribution is 0.0327. The molecule has 282 valence electrons. The van der Waals surface area contributed by atoms with E-state index in [0.717, 1.165) is 34.1 Å². The van der Waals surface area contributed by atoms with Crippen LogP contribution in [0.15, 0.2) is 49.3 Å². The summed E-state index contributed by atoms with van der Waals surface area (Å²) >= 11 is 0. The number of ether oxygens (including phenoxy) is 4. The highest BCUT2D eigenvalue weighted by atomic mass is 28.3. The van der Waals surface area contributed by atoms with E-state index in [9.17, 15) is 9.90 Å². The Balaban J connectivity index is 1.70. The average molecular weight is 749 g/mol. The van der Waals surface area contributed by atoms with Crippen LogP contribution in [0.2, 0.25) is 51.4 Å². The standard InChI is InChI=1S/C38H56N6O6Si2/c1-9-50-28(2)35-34(25-43(38(45)46)31-14-16-47-17-15-31)41-36-32(30-22-29-12-10-11-13-33(29)39-23-30)24-40-44(36)37(35)42(26-48-18-20-51(3,4)5)27-49-19-21-52(6,7)8/h10-13,22-24,31H,2,9,14-21,25-27H2,1,3-8H3,(H,45,46). The molecule has 0 aliphatic carbocycles. The Labute approximate surface area is 309 Å². The highest BCUT2D eigenvalue weighted by Gasteiger charge is 2.32. The van der Waals surface area contributed by atoms with E-state index in [-0.39, 0.29) is 26.0 Å². The van der Waals surface area contributed by atoms with Crippen LogP contribution in [0.4, 0.5) is 10.6 Å². The summed E-state index contributed by atoms with van der Waals surface area (Å²) in [4.78, 5) is 26.3. The highest BCUT2D eigenvalue weighted by Crippen LogP contribution is 2.36. The van der Waals surface area contributed by atoms with Gasteiger partial charge < -0.3 is 29.0 Å². The molecule has 1 saturated heterocycles. The number of carboxylic acid groups (broad SMARTS) is 1. The molecule has 0 saturated carbocycles. The molecule has 1 amide bonds.